The molecule has 0 spiro atoms. The number of hydrogen-bond donors (Lipinski definition) is 5. The zero-order valence-corrected chi connectivity index (χ0v) is 33.3. The Kier molecular flexibility index (Phi) is 14.7. The van der Waals surface area contributed by atoms with Crippen molar-refractivity contribution in [2.45, 2.75) is 112 Å². The van der Waals surface area contributed by atoms with Crippen LogP contribution in [-0.4, -0.2) is 43.4 Å². The van der Waals surface area contributed by atoms with Crippen LogP contribution in [0.3, 0.4) is 0 Å². The van der Waals surface area contributed by atoms with E-state index in [9.17, 15) is 34.8 Å². The van der Waals surface area contributed by atoms with Gasteiger partial charge in [0.2, 0.25) is 0 Å². The van der Waals surface area contributed by atoms with Crippen molar-refractivity contribution in [3.8, 4) is 11.5 Å². The van der Waals surface area contributed by atoms with E-state index in [0.717, 1.165) is 16.7 Å². The van der Waals surface area contributed by atoms with Gasteiger partial charge in [-0.25, -0.2) is 14.4 Å². The van der Waals surface area contributed by atoms with Gasteiger partial charge in [-0.05, 0) is 64.0 Å². The van der Waals surface area contributed by atoms with Crippen molar-refractivity contribution in [2.24, 2.45) is 0 Å². The predicted molar refractivity (Wildman–Crippen MR) is 183 cm³/mol. The van der Waals surface area contributed by atoms with Crippen LogP contribution in [0.4, 0.5) is 0 Å². The van der Waals surface area contributed by atoms with Crippen LogP contribution in [0.2, 0.25) is 0 Å². The molecule has 8 nitrogen and oxygen atoms in total. The first kappa shape index (κ1) is 43.3. The molecule has 3 rings (SSSR count). The summed E-state index contributed by atoms with van der Waals surface area (Å²) in [6.07, 6.45) is 0. The Balaban J connectivity index is 0.000000695. The monoisotopic (exact) mass is 700 g/mol. The van der Waals surface area contributed by atoms with Gasteiger partial charge in [0.25, 0.3) is 0 Å². The number of rotatable bonds is 3. The van der Waals surface area contributed by atoms with Crippen molar-refractivity contribution in [1.29, 1.82) is 0 Å². The number of benzene rings is 3. The van der Waals surface area contributed by atoms with Gasteiger partial charge in [-0.2, -0.15) is 0 Å². The summed E-state index contributed by atoms with van der Waals surface area (Å²) < 4.78 is 0. The molecule has 0 radical (unpaired) electrons. The van der Waals surface area contributed by atoms with Gasteiger partial charge in [0.15, 0.2) is 0 Å². The average Bonchev–Trinajstić information content (AvgIpc) is 2.86. The van der Waals surface area contributed by atoms with E-state index in [0.29, 0.717) is 16.7 Å². The third-order valence-corrected chi connectivity index (χ3v) is 7.29. The van der Waals surface area contributed by atoms with E-state index in [1.807, 2.05) is 108 Å². The quantitative estimate of drug-likeness (QED) is 0.170. The fourth-order valence-corrected chi connectivity index (χ4v) is 4.38. The van der Waals surface area contributed by atoms with E-state index >= 15 is 0 Å². The van der Waals surface area contributed by atoms with Crippen molar-refractivity contribution in [1.82, 2.24) is 0 Å². The number of aromatic hydroxyl groups is 2. The number of hydrogen-bond acceptors (Lipinski definition) is 5. The second kappa shape index (κ2) is 15.9. The zero-order valence-electron chi connectivity index (χ0n) is 30.3. The third kappa shape index (κ3) is 12.4. The van der Waals surface area contributed by atoms with Crippen molar-refractivity contribution < 1.29 is 59.4 Å². The van der Waals surface area contributed by atoms with Gasteiger partial charge in [0.1, 0.15) is 22.6 Å². The summed E-state index contributed by atoms with van der Waals surface area (Å²) in [6, 6.07) is 13.8. The Labute approximate surface area is 292 Å². The smallest absolute Gasteiger partial charge is 0.339 e. The molecule has 0 unspecified atom stereocenters. The van der Waals surface area contributed by atoms with Crippen LogP contribution in [0.1, 0.15) is 142 Å². The number of aromatic carboxylic acids is 3. The van der Waals surface area contributed by atoms with Crippen molar-refractivity contribution in [3.05, 3.63) is 93.0 Å². The Morgan fingerprint density at radius 1 is 0.511 bits per heavy atom. The second-order valence-corrected chi connectivity index (χ2v) is 15.6. The molecule has 3 aromatic carbocycles. The van der Waals surface area contributed by atoms with Crippen LogP contribution in [0.5, 0.6) is 11.5 Å². The van der Waals surface area contributed by atoms with Gasteiger partial charge < -0.3 is 25.5 Å². The molecule has 9 heteroatoms. The largest absolute Gasteiger partial charge is 0.507 e. The van der Waals surface area contributed by atoms with Gasteiger partial charge in [0, 0.05) is 30.6 Å². The molecule has 0 aromatic heterocycles. The minimum Gasteiger partial charge on any atom is -0.507 e. The second-order valence-electron chi connectivity index (χ2n) is 15.6. The molecular formula is C38H52O8Zn. The van der Waals surface area contributed by atoms with Gasteiger partial charge >= 0.3 is 17.9 Å². The molecule has 3 aromatic rings. The number of carbonyl (C=O) groups is 3. The maximum atomic E-state index is 11.2. The van der Waals surface area contributed by atoms with Gasteiger partial charge in [-0.15, -0.1) is 0 Å². The molecule has 47 heavy (non-hydrogen) atoms. The van der Waals surface area contributed by atoms with Crippen LogP contribution in [0.25, 0.3) is 0 Å². The summed E-state index contributed by atoms with van der Waals surface area (Å²) >= 11 is 0. The molecule has 0 aliphatic carbocycles. The molecule has 0 amide bonds. The summed E-state index contributed by atoms with van der Waals surface area (Å²) in [5.41, 5.74) is 3.56. The molecule has 5 N–H and O–H groups in total. The van der Waals surface area contributed by atoms with Crippen LogP contribution in [0, 0.1) is 6.92 Å². The van der Waals surface area contributed by atoms with E-state index < -0.39 is 17.9 Å². The normalized spacial score (nSPS) is 11.6. The van der Waals surface area contributed by atoms with Gasteiger partial charge in [-0.3, -0.25) is 0 Å². The molecule has 254 valence electrons. The summed E-state index contributed by atoms with van der Waals surface area (Å²) in [7, 11) is 0. The Morgan fingerprint density at radius 2 is 0.851 bits per heavy atom. The molecule has 0 aliphatic rings. The number of phenols is 2. The maximum absolute atomic E-state index is 11.2. The van der Waals surface area contributed by atoms with Crippen LogP contribution in [-0.2, 0) is 41.1 Å². The molecule has 0 saturated heterocycles. The maximum Gasteiger partial charge on any atom is 0.339 e. The topological polar surface area (TPSA) is 152 Å². The first-order valence-electron chi connectivity index (χ1n) is 15.1. The van der Waals surface area contributed by atoms with E-state index in [2.05, 4.69) is 0 Å². The molecule has 0 aliphatic heterocycles. The fraction of sp³-hybridized carbons (Fsp3) is 0.447. The van der Waals surface area contributed by atoms with E-state index in [-0.39, 0.29) is 63.8 Å². The standard InChI is InChI=1S/2C15H22O3.C8H8O2.Zn/c2*1-14(2,3)9-7-10(13(17)18)12(16)11(8-9)15(4,5)6;1-6-3-2-4-7(5-6)8(9)10;/h2*7-8,16H,1-6H3,(H,17,18);2-5H,1H3,(H,9,10);. The first-order chi connectivity index (χ1) is 20.6. The third-order valence-electron chi connectivity index (χ3n) is 7.29. The number of carboxylic acids is 3. The average molecular weight is 702 g/mol. The van der Waals surface area contributed by atoms with Crippen molar-refractivity contribution in [2.75, 3.05) is 0 Å². The van der Waals surface area contributed by atoms with Crippen molar-refractivity contribution in [3.63, 3.8) is 0 Å². The number of aryl methyl sites for hydroxylation is 1. The summed E-state index contributed by atoms with van der Waals surface area (Å²) in [6.45, 7) is 25.8. The zero-order chi connectivity index (χ0) is 36.2. The van der Waals surface area contributed by atoms with Crippen LogP contribution < -0.4 is 0 Å². The fourth-order valence-electron chi connectivity index (χ4n) is 4.38. The van der Waals surface area contributed by atoms with Crippen molar-refractivity contribution >= 4 is 17.9 Å². The SMILES string of the molecule is CC(C)(C)c1cc(C(=O)O)c(O)c(C(C)(C)C)c1.CC(C)(C)c1cc(C(=O)O)c(O)c(C(C)(C)C)c1.Cc1cccc(C(=O)O)c1.[Zn]. The Morgan fingerprint density at radius 3 is 1.06 bits per heavy atom. The molecule has 0 fully saturated rings. The van der Waals surface area contributed by atoms with Gasteiger partial charge in [-0.1, -0.05) is 113 Å². The Hall–Kier alpha value is -3.71. The summed E-state index contributed by atoms with van der Waals surface area (Å²) in [5.74, 6) is -3.30. The van der Waals surface area contributed by atoms with Crippen LogP contribution in [0.15, 0.2) is 48.5 Å². The molecule has 0 bridgehead atoms. The minimum absolute atomic E-state index is 0. The molecule has 0 heterocycles. The first-order valence-corrected chi connectivity index (χ1v) is 15.1. The predicted octanol–water partition coefficient (Wildman–Crippen LogP) is 9.06. The molecule has 0 atom stereocenters. The minimum atomic E-state index is -1.09. The molecule has 0 saturated carbocycles. The van der Waals surface area contributed by atoms with E-state index in [1.54, 1.807) is 30.3 Å². The number of carboxylic acid groups (broad SMARTS) is 3. The Bertz CT molecular complexity index is 1490. The van der Waals surface area contributed by atoms with Crippen LogP contribution >= 0.6 is 0 Å². The van der Waals surface area contributed by atoms with Gasteiger partial charge in [0.05, 0.1) is 5.56 Å². The summed E-state index contributed by atoms with van der Waals surface area (Å²) in [4.78, 5) is 32.8. The molecular weight excluding hydrogens is 650 g/mol. The van der Waals surface area contributed by atoms with E-state index in [1.165, 1.54) is 0 Å². The van der Waals surface area contributed by atoms with E-state index in [4.69, 9.17) is 5.11 Å². The summed E-state index contributed by atoms with van der Waals surface area (Å²) in [5, 5.41) is 47.1.